The maximum absolute atomic E-state index is 10.7. The second kappa shape index (κ2) is 2.98. The minimum Gasteiger partial charge on any atom is -0.373 e. The van der Waals surface area contributed by atoms with Crippen LogP contribution in [0.5, 0.6) is 0 Å². The van der Waals surface area contributed by atoms with E-state index in [0.29, 0.717) is 0 Å². The molecule has 2 unspecified atom stereocenters. The molecule has 4 nitrogen and oxygen atoms in total. The molecule has 0 aromatic carbocycles. The molecule has 1 heterocycles. The molecule has 0 amide bonds. The van der Waals surface area contributed by atoms with Crippen LogP contribution in [-0.4, -0.2) is 18.7 Å². The number of nitrogens with two attached hydrogens (primary N) is 1. The average molecular weight is 145 g/mol. The van der Waals surface area contributed by atoms with Gasteiger partial charge in [-0.25, -0.2) is 0 Å². The Morgan fingerprint density at radius 1 is 2.00 bits per heavy atom. The van der Waals surface area contributed by atoms with E-state index >= 15 is 0 Å². The van der Waals surface area contributed by atoms with Crippen molar-refractivity contribution < 1.29 is 14.4 Å². The van der Waals surface area contributed by atoms with Crippen LogP contribution in [0.25, 0.3) is 0 Å². The Kier molecular flexibility index (Phi) is 2.24. The fourth-order valence-corrected chi connectivity index (χ4v) is 0.811. The minimum absolute atomic E-state index is 0.141. The molecule has 10 heavy (non-hydrogen) atoms. The maximum Gasteiger partial charge on any atom is 0.327 e. The molecule has 1 rings (SSSR count). The monoisotopic (exact) mass is 145 g/mol. The fourth-order valence-electron chi connectivity index (χ4n) is 0.811. The molecule has 1 fully saturated rings. The van der Waals surface area contributed by atoms with Crippen molar-refractivity contribution in [3.63, 3.8) is 0 Å². The van der Waals surface area contributed by atoms with E-state index < -0.39 is 0 Å². The van der Waals surface area contributed by atoms with Crippen molar-refractivity contribution in [2.45, 2.75) is 19.4 Å². The molecule has 0 radical (unpaired) electrons. The van der Waals surface area contributed by atoms with Crippen LogP contribution in [0.1, 0.15) is 13.3 Å². The summed E-state index contributed by atoms with van der Waals surface area (Å²) in [4.78, 5) is 14.7. The zero-order chi connectivity index (χ0) is 7.56. The highest BCUT2D eigenvalue weighted by Crippen LogP contribution is 2.19. The van der Waals surface area contributed by atoms with E-state index in [1.807, 2.05) is 0 Å². The van der Waals surface area contributed by atoms with Crippen LogP contribution in [0.4, 0.5) is 0 Å². The van der Waals surface area contributed by atoms with Gasteiger partial charge in [-0.1, -0.05) is 6.92 Å². The molecule has 0 aromatic rings. The third kappa shape index (κ3) is 1.97. The van der Waals surface area contributed by atoms with Crippen molar-refractivity contribution in [2.24, 2.45) is 11.8 Å². The lowest BCUT2D eigenvalue weighted by atomic mass is 10.1. The molecule has 58 valence electrons. The van der Waals surface area contributed by atoms with Crippen molar-refractivity contribution in [3.8, 4) is 0 Å². The lowest BCUT2D eigenvalue weighted by Crippen LogP contribution is -2.19. The molecule has 0 bridgehead atoms. The summed E-state index contributed by atoms with van der Waals surface area (Å²) in [7, 11) is 0. The highest BCUT2D eigenvalue weighted by atomic mass is 16.7. The summed E-state index contributed by atoms with van der Waals surface area (Å²) in [6.07, 6.45) is 0.977. The summed E-state index contributed by atoms with van der Waals surface area (Å²) in [5.74, 6) is 4.17. The standard InChI is InChI=1S/C6H11NO3/c1-4(6(8)10-7)2-5-3-9-5/h4-5H,2-3,7H2,1H3. The number of carbonyl (C=O) groups is 1. The molecular formula is C6H11NO3. The first-order chi connectivity index (χ1) is 4.74. The van der Waals surface area contributed by atoms with Gasteiger partial charge in [0.15, 0.2) is 0 Å². The third-order valence-corrected chi connectivity index (χ3v) is 1.54. The summed E-state index contributed by atoms with van der Waals surface area (Å²) in [5, 5.41) is 0. The average Bonchev–Trinajstić information content (AvgIpc) is 2.70. The van der Waals surface area contributed by atoms with Crippen molar-refractivity contribution in [1.29, 1.82) is 0 Å². The van der Waals surface area contributed by atoms with Gasteiger partial charge in [-0.3, -0.25) is 4.79 Å². The Balaban J connectivity index is 2.18. The van der Waals surface area contributed by atoms with Gasteiger partial charge in [0.05, 0.1) is 18.6 Å². The van der Waals surface area contributed by atoms with Gasteiger partial charge < -0.3 is 9.57 Å². The van der Waals surface area contributed by atoms with Crippen LogP contribution in [0.2, 0.25) is 0 Å². The molecule has 0 aliphatic carbocycles. The number of hydrogen-bond acceptors (Lipinski definition) is 4. The Bertz CT molecular complexity index is 133. The highest BCUT2D eigenvalue weighted by molar-refractivity contribution is 5.71. The van der Waals surface area contributed by atoms with Crippen LogP contribution < -0.4 is 5.90 Å². The predicted molar refractivity (Wildman–Crippen MR) is 33.8 cm³/mol. The zero-order valence-corrected chi connectivity index (χ0v) is 5.87. The molecule has 1 saturated heterocycles. The third-order valence-electron chi connectivity index (χ3n) is 1.54. The van der Waals surface area contributed by atoms with Crippen molar-refractivity contribution >= 4 is 5.97 Å². The summed E-state index contributed by atoms with van der Waals surface area (Å²) in [5.41, 5.74) is 0. The summed E-state index contributed by atoms with van der Waals surface area (Å²) >= 11 is 0. The molecule has 1 aliphatic rings. The molecule has 0 aromatic heterocycles. The van der Waals surface area contributed by atoms with E-state index in [2.05, 4.69) is 10.7 Å². The van der Waals surface area contributed by atoms with Crippen molar-refractivity contribution in [3.05, 3.63) is 0 Å². The van der Waals surface area contributed by atoms with Gasteiger partial charge in [-0.05, 0) is 6.42 Å². The van der Waals surface area contributed by atoms with Gasteiger partial charge in [0.25, 0.3) is 0 Å². The molecule has 4 heteroatoms. The van der Waals surface area contributed by atoms with Crippen molar-refractivity contribution in [2.75, 3.05) is 6.61 Å². The lowest BCUT2D eigenvalue weighted by Gasteiger charge is -2.04. The van der Waals surface area contributed by atoms with Crippen molar-refractivity contribution in [1.82, 2.24) is 0 Å². The van der Waals surface area contributed by atoms with Gasteiger partial charge >= 0.3 is 5.97 Å². The van der Waals surface area contributed by atoms with E-state index in [-0.39, 0.29) is 18.0 Å². The van der Waals surface area contributed by atoms with Gasteiger partial charge in [0, 0.05) is 0 Å². The summed E-state index contributed by atoms with van der Waals surface area (Å²) in [6, 6.07) is 0. The quantitative estimate of drug-likeness (QED) is 0.442. The largest absolute Gasteiger partial charge is 0.373 e. The van der Waals surface area contributed by atoms with Crippen LogP contribution in [0.15, 0.2) is 0 Å². The van der Waals surface area contributed by atoms with E-state index in [0.717, 1.165) is 13.0 Å². The van der Waals surface area contributed by atoms with Crippen LogP contribution in [0, 0.1) is 5.92 Å². The topological polar surface area (TPSA) is 64.8 Å². The first-order valence-electron chi connectivity index (χ1n) is 3.26. The Hall–Kier alpha value is -0.610. The van der Waals surface area contributed by atoms with E-state index in [1.54, 1.807) is 6.92 Å². The second-order valence-corrected chi connectivity index (χ2v) is 2.53. The van der Waals surface area contributed by atoms with E-state index in [4.69, 9.17) is 4.74 Å². The number of ether oxygens (including phenoxy) is 1. The lowest BCUT2D eigenvalue weighted by molar-refractivity contribution is -0.148. The number of epoxide rings is 1. The SMILES string of the molecule is CC(CC1CO1)C(=O)ON. The molecule has 0 saturated carbocycles. The van der Waals surface area contributed by atoms with Crippen LogP contribution in [-0.2, 0) is 14.4 Å². The van der Waals surface area contributed by atoms with Gasteiger partial charge in [-0.2, -0.15) is 5.90 Å². The Labute approximate surface area is 59.2 Å². The van der Waals surface area contributed by atoms with E-state index in [1.165, 1.54) is 0 Å². The minimum atomic E-state index is -0.365. The fraction of sp³-hybridized carbons (Fsp3) is 0.833. The molecule has 2 N–H and O–H groups in total. The normalized spacial score (nSPS) is 25.6. The first-order valence-corrected chi connectivity index (χ1v) is 3.26. The maximum atomic E-state index is 10.7. The molecule has 0 spiro atoms. The van der Waals surface area contributed by atoms with Gasteiger partial charge in [0.2, 0.25) is 0 Å². The highest BCUT2D eigenvalue weighted by Gasteiger charge is 2.28. The predicted octanol–water partition coefficient (Wildman–Crippen LogP) is -0.172. The molecule has 1 aliphatic heterocycles. The number of rotatable bonds is 3. The van der Waals surface area contributed by atoms with Gasteiger partial charge in [0.1, 0.15) is 0 Å². The number of carbonyl (C=O) groups excluding carboxylic acids is 1. The van der Waals surface area contributed by atoms with Gasteiger partial charge in [-0.15, -0.1) is 0 Å². The zero-order valence-electron chi connectivity index (χ0n) is 5.87. The Morgan fingerprint density at radius 3 is 3.00 bits per heavy atom. The molecular weight excluding hydrogens is 134 g/mol. The van der Waals surface area contributed by atoms with E-state index in [9.17, 15) is 4.79 Å². The Morgan fingerprint density at radius 2 is 2.60 bits per heavy atom. The second-order valence-electron chi connectivity index (χ2n) is 2.53. The summed E-state index contributed by atoms with van der Waals surface area (Å²) in [6.45, 7) is 2.54. The van der Waals surface area contributed by atoms with Crippen LogP contribution in [0.3, 0.4) is 0 Å². The smallest absolute Gasteiger partial charge is 0.327 e. The first kappa shape index (κ1) is 7.50. The summed E-state index contributed by atoms with van der Waals surface area (Å²) < 4.78 is 4.93. The molecule has 2 atom stereocenters. The van der Waals surface area contributed by atoms with Crippen LogP contribution >= 0.6 is 0 Å². The number of hydrogen-bond donors (Lipinski definition) is 1.